The molecule has 1 rings (SSSR count). The van der Waals surface area contributed by atoms with Gasteiger partial charge in [-0.05, 0) is 18.2 Å². The number of Topliss-reactive ketones (excluding diaryl/α,β-unsaturated/α-hetero) is 1. The summed E-state index contributed by atoms with van der Waals surface area (Å²) in [6.07, 6.45) is -3.01. The first-order valence-corrected chi connectivity index (χ1v) is 4.51. The smallest absolute Gasteiger partial charge is 0.300 e. The van der Waals surface area contributed by atoms with Crippen molar-refractivity contribution in [2.75, 3.05) is 7.11 Å². The van der Waals surface area contributed by atoms with Gasteiger partial charge in [-0.1, -0.05) is 15.9 Å². The summed E-state index contributed by atoms with van der Waals surface area (Å²) in [6.45, 7) is 0. The second-order valence-corrected chi connectivity index (χ2v) is 3.43. The van der Waals surface area contributed by atoms with Crippen LogP contribution >= 0.6 is 15.9 Å². The van der Waals surface area contributed by atoms with E-state index in [9.17, 15) is 13.6 Å². The van der Waals surface area contributed by atoms with Crippen LogP contribution < -0.4 is 4.74 Å². The lowest BCUT2D eigenvalue weighted by atomic mass is 10.1. The van der Waals surface area contributed by atoms with Crippen LogP contribution in [0.4, 0.5) is 8.78 Å². The molecule has 0 saturated carbocycles. The molecule has 76 valence electrons. The number of alkyl halides is 2. The summed E-state index contributed by atoms with van der Waals surface area (Å²) in [5.74, 6) is -1.08. The molecule has 1 aromatic rings. The fourth-order valence-corrected chi connectivity index (χ4v) is 1.33. The summed E-state index contributed by atoms with van der Waals surface area (Å²) in [4.78, 5) is 11.0. The van der Waals surface area contributed by atoms with Crippen LogP contribution in [0.25, 0.3) is 0 Å². The van der Waals surface area contributed by atoms with Crippen LogP contribution in [0.5, 0.6) is 5.75 Å². The zero-order valence-electron chi connectivity index (χ0n) is 7.26. The van der Waals surface area contributed by atoms with Gasteiger partial charge < -0.3 is 4.74 Å². The average Bonchev–Trinajstić information content (AvgIpc) is 2.16. The summed E-state index contributed by atoms with van der Waals surface area (Å²) < 4.78 is 29.7. The lowest BCUT2D eigenvalue weighted by Gasteiger charge is -2.06. The van der Waals surface area contributed by atoms with Crippen LogP contribution in [0.3, 0.4) is 0 Å². The van der Waals surface area contributed by atoms with Crippen molar-refractivity contribution in [1.29, 1.82) is 0 Å². The molecule has 0 aliphatic rings. The number of methoxy groups -OCH3 is 1. The van der Waals surface area contributed by atoms with Crippen molar-refractivity contribution < 1.29 is 18.3 Å². The van der Waals surface area contributed by atoms with Crippen molar-refractivity contribution in [2.24, 2.45) is 0 Å². The predicted molar refractivity (Wildman–Crippen MR) is 51.0 cm³/mol. The number of ether oxygens (including phenoxy) is 1. The van der Waals surface area contributed by atoms with Crippen molar-refractivity contribution in [3.8, 4) is 5.75 Å². The fourth-order valence-electron chi connectivity index (χ4n) is 0.986. The number of carbonyl (C=O) groups is 1. The lowest BCUT2D eigenvalue weighted by molar-refractivity contribution is 0.0675. The molecular weight excluding hydrogens is 258 g/mol. The molecule has 0 aliphatic heterocycles. The molecule has 14 heavy (non-hydrogen) atoms. The van der Waals surface area contributed by atoms with E-state index < -0.39 is 12.2 Å². The molecule has 5 heteroatoms. The van der Waals surface area contributed by atoms with E-state index in [4.69, 9.17) is 4.74 Å². The van der Waals surface area contributed by atoms with Gasteiger partial charge in [-0.3, -0.25) is 4.79 Å². The normalized spacial score (nSPS) is 10.4. The van der Waals surface area contributed by atoms with Crippen molar-refractivity contribution >= 4 is 21.7 Å². The molecule has 0 spiro atoms. The van der Waals surface area contributed by atoms with Gasteiger partial charge in [0, 0.05) is 4.47 Å². The largest absolute Gasteiger partial charge is 0.496 e. The maximum absolute atomic E-state index is 12.1. The first-order chi connectivity index (χ1) is 6.56. The monoisotopic (exact) mass is 264 g/mol. The summed E-state index contributed by atoms with van der Waals surface area (Å²) in [5.41, 5.74) is -0.106. The summed E-state index contributed by atoms with van der Waals surface area (Å²) in [7, 11) is 1.32. The maximum Gasteiger partial charge on any atom is 0.300 e. The first kappa shape index (κ1) is 11.1. The third-order valence-corrected chi connectivity index (χ3v) is 2.12. The van der Waals surface area contributed by atoms with E-state index in [0.717, 1.165) is 0 Å². The molecule has 0 heterocycles. The third-order valence-electron chi connectivity index (χ3n) is 1.63. The van der Waals surface area contributed by atoms with Crippen molar-refractivity contribution in [1.82, 2.24) is 0 Å². The number of benzene rings is 1. The standard InChI is InChI=1S/C9H7BrF2O2/c1-14-7-4-5(10)2-3-6(7)8(13)9(11)12/h2-4,9H,1H3. The molecule has 2 nitrogen and oxygen atoms in total. The number of ketones is 1. The molecular formula is C9H7BrF2O2. The number of hydrogen-bond acceptors (Lipinski definition) is 2. The molecule has 0 aliphatic carbocycles. The van der Waals surface area contributed by atoms with Gasteiger partial charge in [-0.15, -0.1) is 0 Å². The van der Waals surface area contributed by atoms with E-state index in [1.807, 2.05) is 0 Å². The fraction of sp³-hybridized carbons (Fsp3) is 0.222. The molecule has 0 aromatic heterocycles. The SMILES string of the molecule is COc1cc(Br)ccc1C(=O)C(F)F. The van der Waals surface area contributed by atoms with Gasteiger partial charge in [0.15, 0.2) is 0 Å². The Balaban J connectivity index is 3.14. The minimum absolute atomic E-state index is 0.106. The average molecular weight is 265 g/mol. The van der Waals surface area contributed by atoms with Crippen LogP contribution in [-0.4, -0.2) is 19.3 Å². The Bertz CT molecular complexity index is 353. The van der Waals surface area contributed by atoms with E-state index in [1.54, 1.807) is 0 Å². The summed E-state index contributed by atoms with van der Waals surface area (Å²) >= 11 is 3.14. The van der Waals surface area contributed by atoms with Crippen LogP contribution in [0.1, 0.15) is 10.4 Å². The highest BCUT2D eigenvalue weighted by atomic mass is 79.9. The Hall–Kier alpha value is -0.970. The van der Waals surface area contributed by atoms with Gasteiger partial charge in [0.2, 0.25) is 5.78 Å². The second kappa shape index (κ2) is 4.50. The Morgan fingerprint density at radius 3 is 2.64 bits per heavy atom. The zero-order chi connectivity index (χ0) is 10.7. The van der Waals surface area contributed by atoms with Crippen molar-refractivity contribution in [2.45, 2.75) is 6.43 Å². The van der Waals surface area contributed by atoms with Gasteiger partial charge in [0.05, 0.1) is 12.7 Å². The highest BCUT2D eigenvalue weighted by Crippen LogP contribution is 2.25. The quantitative estimate of drug-likeness (QED) is 0.785. The highest BCUT2D eigenvalue weighted by Gasteiger charge is 2.21. The zero-order valence-corrected chi connectivity index (χ0v) is 8.85. The highest BCUT2D eigenvalue weighted by molar-refractivity contribution is 9.10. The van der Waals surface area contributed by atoms with Gasteiger partial charge in [0.1, 0.15) is 5.75 Å². The summed E-state index contributed by atoms with van der Waals surface area (Å²) in [6, 6.07) is 4.28. The van der Waals surface area contributed by atoms with Crippen LogP contribution in [0.15, 0.2) is 22.7 Å². The Labute approximate surface area is 88.0 Å². The van der Waals surface area contributed by atoms with E-state index in [1.165, 1.54) is 25.3 Å². The van der Waals surface area contributed by atoms with Gasteiger partial charge >= 0.3 is 6.43 Å². The number of halogens is 3. The van der Waals surface area contributed by atoms with E-state index >= 15 is 0 Å². The minimum atomic E-state index is -3.01. The number of hydrogen-bond donors (Lipinski definition) is 0. The van der Waals surface area contributed by atoms with Crippen LogP contribution in [-0.2, 0) is 0 Å². The second-order valence-electron chi connectivity index (χ2n) is 2.51. The Kier molecular flexibility index (Phi) is 3.57. The summed E-state index contributed by atoms with van der Waals surface area (Å²) in [5, 5.41) is 0. The van der Waals surface area contributed by atoms with Crippen LogP contribution in [0.2, 0.25) is 0 Å². The van der Waals surface area contributed by atoms with Gasteiger partial charge in [-0.2, -0.15) is 0 Å². The molecule has 0 amide bonds. The van der Waals surface area contributed by atoms with Crippen LogP contribution in [0, 0.1) is 0 Å². The van der Waals surface area contributed by atoms with Crippen molar-refractivity contribution in [3.05, 3.63) is 28.2 Å². The topological polar surface area (TPSA) is 26.3 Å². The molecule has 0 bridgehead atoms. The maximum atomic E-state index is 12.1. The minimum Gasteiger partial charge on any atom is -0.496 e. The van der Waals surface area contributed by atoms with Crippen molar-refractivity contribution in [3.63, 3.8) is 0 Å². The molecule has 0 saturated heterocycles. The van der Waals surface area contributed by atoms with E-state index in [-0.39, 0.29) is 11.3 Å². The molecule has 1 aromatic carbocycles. The molecule has 0 atom stereocenters. The molecule has 0 N–H and O–H groups in total. The van der Waals surface area contributed by atoms with Gasteiger partial charge in [-0.25, -0.2) is 8.78 Å². The Morgan fingerprint density at radius 2 is 2.14 bits per heavy atom. The third kappa shape index (κ3) is 2.29. The lowest BCUT2D eigenvalue weighted by Crippen LogP contribution is -2.11. The van der Waals surface area contributed by atoms with E-state index in [2.05, 4.69) is 15.9 Å². The number of carbonyl (C=O) groups excluding carboxylic acids is 1. The van der Waals surface area contributed by atoms with E-state index in [0.29, 0.717) is 4.47 Å². The Morgan fingerprint density at radius 1 is 1.50 bits per heavy atom. The molecule has 0 radical (unpaired) electrons. The number of rotatable bonds is 3. The van der Waals surface area contributed by atoms with Gasteiger partial charge in [0.25, 0.3) is 0 Å². The molecule has 0 fully saturated rings. The first-order valence-electron chi connectivity index (χ1n) is 3.72. The molecule has 0 unspecified atom stereocenters. The predicted octanol–water partition coefficient (Wildman–Crippen LogP) is 2.91.